The Morgan fingerprint density at radius 1 is 1.50 bits per heavy atom. The van der Waals surface area contributed by atoms with Crippen LogP contribution in [0.1, 0.15) is 5.56 Å². The van der Waals surface area contributed by atoms with Crippen molar-refractivity contribution in [3.8, 4) is 0 Å². The zero-order valence-electron chi connectivity index (χ0n) is 6.58. The molecule has 2 N–H and O–H groups in total. The number of rotatable bonds is 0. The molecule has 0 radical (unpaired) electrons. The van der Waals surface area contributed by atoms with Crippen LogP contribution in [0.15, 0.2) is 22.9 Å². The van der Waals surface area contributed by atoms with Gasteiger partial charge in [0.15, 0.2) is 5.65 Å². The highest BCUT2D eigenvalue weighted by atomic mass is 79.9. The summed E-state index contributed by atoms with van der Waals surface area (Å²) < 4.78 is 2.88. The number of fused-ring (bicyclic) bond motifs is 1. The lowest BCUT2D eigenvalue weighted by Gasteiger charge is -1.97. The van der Waals surface area contributed by atoms with Crippen molar-refractivity contribution in [2.75, 3.05) is 5.73 Å². The van der Waals surface area contributed by atoms with Gasteiger partial charge in [-0.15, -0.1) is 0 Å². The Bertz CT molecular complexity index is 433. The van der Waals surface area contributed by atoms with E-state index in [0.29, 0.717) is 5.82 Å². The van der Waals surface area contributed by atoms with Crippen LogP contribution in [0.25, 0.3) is 5.65 Å². The molecule has 0 atom stereocenters. The first-order valence-electron chi connectivity index (χ1n) is 3.57. The van der Waals surface area contributed by atoms with Crippen LogP contribution in [0.2, 0.25) is 0 Å². The predicted molar refractivity (Wildman–Crippen MR) is 52.0 cm³/mol. The van der Waals surface area contributed by atoms with Gasteiger partial charge in [-0.1, -0.05) is 0 Å². The maximum absolute atomic E-state index is 5.56. The van der Waals surface area contributed by atoms with Crippen LogP contribution in [-0.2, 0) is 0 Å². The van der Waals surface area contributed by atoms with E-state index in [9.17, 15) is 0 Å². The number of aromatic nitrogens is 2. The molecule has 0 amide bonds. The normalized spacial score (nSPS) is 10.8. The van der Waals surface area contributed by atoms with Gasteiger partial charge in [0.1, 0.15) is 5.82 Å². The molecule has 0 fully saturated rings. The van der Waals surface area contributed by atoms with Gasteiger partial charge in [0.05, 0.1) is 10.7 Å². The number of anilines is 1. The molecule has 2 aromatic rings. The number of hydrogen-bond acceptors (Lipinski definition) is 2. The third kappa shape index (κ3) is 1.08. The Labute approximate surface area is 78.3 Å². The molecule has 62 valence electrons. The predicted octanol–water partition coefficient (Wildman–Crippen LogP) is 1.99. The molecule has 3 nitrogen and oxygen atoms in total. The molecule has 0 spiro atoms. The highest BCUT2D eigenvalue weighted by Crippen LogP contribution is 2.19. The van der Waals surface area contributed by atoms with Crippen molar-refractivity contribution in [3.63, 3.8) is 0 Å². The summed E-state index contributed by atoms with van der Waals surface area (Å²) in [5.41, 5.74) is 7.59. The van der Waals surface area contributed by atoms with Gasteiger partial charge in [-0.2, -0.15) is 0 Å². The number of nitrogen functional groups attached to an aromatic ring is 1. The summed E-state index contributed by atoms with van der Waals surface area (Å²) in [7, 11) is 0. The number of nitrogens with two attached hydrogens (primary N) is 1. The van der Waals surface area contributed by atoms with E-state index >= 15 is 0 Å². The lowest BCUT2D eigenvalue weighted by Crippen LogP contribution is -1.85. The molecule has 2 heterocycles. The second-order valence-electron chi connectivity index (χ2n) is 2.76. The molecule has 0 aliphatic rings. The Kier molecular flexibility index (Phi) is 1.58. The summed E-state index contributed by atoms with van der Waals surface area (Å²) >= 11 is 3.42. The molecular formula is C8H8BrN3. The van der Waals surface area contributed by atoms with Gasteiger partial charge in [-0.05, 0) is 34.5 Å². The largest absolute Gasteiger partial charge is 0.382 e. The Morgan fingerprint density at radius 3 is 3.00 bits per heavy atom. The van der Waals surface area contributed by atoms with Crippen LogP contribution in [0.3, 0.4) is 0 Å². The summed E-state index contributed by atoms with van der Waals surface area (Å²) in [6, 6.07) is 2.02. The summed E-state index contributed by atoms with van der Waals surface area (Å²) in [6.07, 6.45) is 3.79. The second-order valence-corrected chi connectivity index (χ2v) is 3.62. The molecule has 0 aliphatic carbocycles. The number of imidazole rings is 1. The number of halogens is 1. The fourth-order valence-corrected chi connectivity index (χ4v) is 1.86. The van der Waals surface area contributed by atoms with E-state index in [1.165, 1.54) is 5.56 Å². The summed E-state index contributed by atoms with van der Waals surface area (Å²) in [5.74, 6) is 0.543. The van der Waals surface area contributed by atoms with Gasteiger partial charge in [-0.25, -0.2) is 4.98 Å². The molecular weight excluding hydrogens is 218 g/mol. The standard InChI is InChI=1S/C8H8BrN3/c1-5-2-6(9)8-11-7(10)4-12(8)3-5/h2-4H,10H2,1H3. The van der Waals surface area contributed by atoms with Crippen molar-refractivity contribution in [1.82, 2.24) is 9.38 Å². The average Bonchev–Trinajstić information content (AvgIpc) is 2.29. The average molecular weight is 226 g/mol. The van der Waals surface area contributed by atoms with Crippen LogP contribution in [-0.4, -0.2) is 9.38 Å². The highest BCUT2D eigenvalue weighted by molar-refractivity contribution is 9.10. The van der Waals surface area contributed by atoms with E-state index in [0.717, 1.165) is 10.1 Å². The lowest BCUT2D eigenvalue weighted by atomic mass is 10.3. The fourth-order valence-electron chi connectivity index (χ4n) is 1.21. The van der Waals surface area contributed by atoms with Crippen molar-refractivity contribution < 1.29 is 0 Å². The molecule has 2 rings (SSSR count). The minimum Gasteiger partial charge on any atom is -0.382 e. The maximum atomic E-state index is 5.56. The van der Waals surface area contributed by atoms with Gasteiger partial charge in [0, 0.05) is 6.20 Å². The van der Waals surface area contributed by atoms with Gasteiger partial charge in [0.2, 0.25) is 0 Å². The van der Waals surface area contributed by atoms with E-state index in [-0.39, 0.29) is 0 Å². The second kappa shape index (κ2) is 2.48. The zero-order chi connectivity index (χ0) is 8.72. The minimum absolute atomic E-state index is 0.543. The molecule has 12 heavy (non-hydrogen) atoms. The van der Waals surface area contributed by atoms with Gasteiger partial charge in [0.25, 0.3) is 0 Å². The first-order chi connectivity index (χ1) is 5.66. The monoisotopic (exact) mass is 225 g/mol. The molecule has 4 heteroatoms. The Hall–Kier alpha value is -1.03. The Morgan fingerprint density at radius 2 is 2.25 bits per heavy atom. The van der Waals surface area contributed by atoms with Crippen LogP contribution >= 0.6 is 15.9 Å². The van der Waals surface area contributed by atoms with Gasteiger partial charge >= 0.3 is 0 Å². The molecule has 0 saturated heterocycles. The van der Waals surface area contributed by atoms with Crippen molar-refractivity contribution in [2.45, 2.75) is 6.92 Å². The lowest BCUT2D eigenvalue weighted by molar-refractivity contribution is 1.15. The molecule has 2 aromatic heterocycles. The molecule has 0 unspecified atom stereocenters. The van der Waals surface area contributed by atoms with E-state index in [2.05, 4.69) is 20.9 Å². The van der Waals surface area contributed by atoms with Crippen LogP contribution in [0.4, 0.5) is 5.82 Å². The van der Waals surface area contributed by atoms with E-state index in [1.807, 2.05) is 23.6 Å². The zero-order valence-corrected chi connectivity index (χ0v) is 8.17. The van der Waals surface area contributed by atoms with Crippen molar-refractivity contribution in [3.05, 3.63) is 28.5 Å². The summed E-state index contributed by atoms with van der Waals surface area (Å²) in [5, 5.41) is 0. The van der Waals surface area contributed by atoms with Crippen LogP contribution < -0.4 is 5.73 Å². The minimum atomic E-state index is 0.543. The number of pyridine rings is 1. The maximum Gasteiger partial charge on any atom is 0.153 e. The topological polar surface area (TPSA) is 43.3 Å². The molecule has 0 aromatic carbocycles. The fraction of sp³-hybridized carbons (Fsp3) is 0.125. The number of nitrogens with zero attached hydrogens (tertiary/aromatic N) is 2. The van der Waals surface area contributed by atoms with E-state index in [1.54, 1.807) is 6.20 Å². The van der Waals surface area contributed by atoms with Crippen LogP contribution in [0, 0.1) is 6.92 Å². The molecule has 0 saturated carbocycles. The first kappa shape index (κ1) is 7.61. The molecule has 0 aliphatic heterocycles. The number of aryl methyl sites for hydroxylation is 1. The van der Waals surface area contributed by atoms with Gasteiger partial charge in [-0.3, -0.25) is 0 Å². The van der Waals surface area contributed by atoms with Gasteiger partial charge < -0.3 is 10.1 Å². The van der Waals surface area contributed by atoms with Crippen molar-refractivity contribution >= 4 is 27.4 Å². The number of hydrogen-bond donors (Lipinski definition) is 1. The third-order valence-corrected chi connectivity index (χ3v) is 2.25. The quantitative estimate of drug-likeness (QED) is 0.746. The van der Waals surface area contributed by atoms with E-state index < -0.39 is 0 Å². The summed E-state index contributed by atoms with van der Waals surface area (Å²) in [6.45, 7) is 2.03. The smallest absolute Gasteiger partial charge is 0.153 e. The van der Waals surface area contributed by atoms with Crippen LogP contribution in [0.5, 0.6) is 0 Å². The van der Waals surface area contributed by atoms with Crippen molar-refractivity contribution in [1.29, 1.82) is 0 Å². The molecule has 0 bridgehead atoms. The third-order valence-electron chi connectivity index (χ3n) is 1.66. The summed E-state index contributed by atoms with van der Waals surface area (Å²) in [4.78, 5) is 4.15. The highest BCUT2D eigenvalue weighted by Gasteiger charge is 2.02. The Balaban J connectivity index is 2.88. The van der Waals surface area contributed by atoms with Crippen molar-refractivity contribution in [2.24, 2.45) is 0 Å². The SMILES string of the molecule is Cc1cc(Br)c2nc(N)cn2c1. The van der Waals surface area contributed by atoms with E-state index in [4.69, 9.17) is 5.73 Å². The first-order valence-corrected chi connectivity index (χ1v) is 4.36.